The van der Waals surface area contributed by atoms with Gasteiger partial charge in [-0.3, -0.25) is 9.59 Å². The lowest BCUT2D eigenvalue weighted by Gasteiger charge is -2.18. The van der Waals surface area contributed by atoms with Gasteiger partial charge in [0.15, 0.2) is 0 Å². The molecule has 0 spiro atoms. The number of aliphatic carboxylic acids is 1. The van der Waals surface area contributed by atoms with Crippen molar-refractivity contribution in [3.63, 3.8) is 0 Å². The van der Waals surface area contributed by atoms with Crippen LogP contribution in [0, 0.1) is 12.7 Å². The van der Waals surface area contributed by atoms with E-state index in [1.807, 2.05) is 55.5 Å². The van der Waals surface area contributed by atoms with E-state index in [1.54, 1.807) is 18.2 Å². The van der Waals surface area contributed by atoms with E-state index < -0.39 is 18.4 Å². The minimum absolute atomic E-state index is 0.286. The Morgan fingerprint density at radius 1 is 0.925 bits per heavy atom. The molecule has 40 heavy (non-hydrogen) atoms. The number of carbonyl (C=O) groups is 2. The van der Waals surface area contributed by atoms with Crippen LogP contribution in [0.25, 0.3) is 0 Å². The number of carboxylic acid groups (broad SMARTS) is 1. The van der Waals surface area contributed by atoms with Crippen molar-refractivity contribution in [1.82, 2.24) is 5.32 Å². The molecule has 4 aromatic carbocycles. The van der Waals surface area contributed by atoms with Crippen LogP contribution in [0.15, 0.2) is 78.9 Å². The molecule has 0 fully saturated rings. The van der Waals surface area contributed by atoms with Gasteiger partial charge in [-0.25, -0.2) is 4.39 Å². The third kappa shape index (κ3) is 6.31. The summed E-state index contributed by atoms with van der Waals surface area (Å²) in [6, 6.07) is 23.8. The Morgan fingerprint density at radius 2 is 1.68 bits per heavy atom. The maximum atomic E-state index is 13.5. The zero-order chi connectivity index (χ0) is 28.1. The van der Waals surface area contributed by atoms with Crippen molar-refractivity contribution >= 4 is 11.9 Å². The summed E-state index contributed by atoms with van der Waals surface area (Å²) in [6.07, 6.45) is 2.91. The van der Waals surface area contributed by atoms with E-state index in [1.165, 1.54) is 12.1 Å². The molecule has 1 amide bonds. The van der Waals surface area contributed by atoms with Gasteiger partial charge in [-0.05, 0) is 90.4 Å². The molecule has 5 rings (SSSR count). The number of benzene rings is 4. The third-order valence-electron chi connectivity index (χ3n) is 6.98. The minimum Gasteiger partial charge on any atom is -0.489 e. The number of carboxylic acids is 1. The molecule has 0 bridgehead atoms. The smallest absolute Gasteiger partial charge is 0.322 e. The highest BCUT2D eigenvalue weighted by Crippen LogP contribution is 2.39. The lowest BCUT2D eigenvalue weighted by molar-refractivity contribution is -0.135. The Kier molecular flexibility index (Phi) is 8.10. The SMILES string of the molecule is Cc1cc(C(=O)NCC(=O)O)c2c(c1Oc1ccc(OCc3ccccc3)c(Cc3ccc(F)cc3)c1)CCC2. The number of carbonyl (C=O) groups excluding carboxylic acids is 1. The molecule has 0 saturated carbocycles. The molecule has 0 heterocycles. The molecular formula is C33H30FNO5. The average Bonchev–Trinajstić information content (AvgIpc) is 3.44. The first-order valence-corrected chi connectivity index (χ1v) is 13.2. The van der Waals surface area contributed by atoms with Gasteiger partial charge in [0.1, 0.15) is 36.2 Å². The van der Waals surface area contributed by atoms with Crippen molar-refractivity contribution in [1.29, 1.82) is 0 Å². The second-order valence-electron chi connectivity index (χ2n) is 9.91. The van der Waals surface area contributed by atoms with Crippen LogP contribution in [0.4, 0.5) is 4.39 Å². The topological polar surface area (TPSA) is 84.9 Å². The standard InChI is InChI=1S/C33H30FNO5/c1-21-16-29(33(38)35-19-31(36)37)27-8-5-9-28(27)32(21)40-26-14-15-30(39-20-23-6-3-2-4-7-23)24(18-26)17-22-10-12-25(34)13-11-22/h2-4,6-7,10-16,18H,5,8-9,17,19-20H2,1H3,(H,35,38)(H,36,37). The number of aryl methyl sites for hydroxylation is 1. The fraction of sp³-hybridized carbons (Fsp3) is 0.212. The van der Waals surface area contributed by atoms with Gasteiger partial charge < -0.3 is 19.9 Å². The summed E-state index contributed by atoms with van der Waals surface area (Å²) in [5.41, 5.74) is 6.07. The first-order chi connectivity index (χ1) is 19.4. The molecule has 0 radical (unpaired) electrons. The normalized spacial score (nSPS) is 12.1. The average molecular weight is 540 g/mol. The molecular weight excluding hydrogens is 509 g/mol. The number of hydrogen-bond donors (Lipinski definition) is 2. The van der Waals surface area contributed by atoms with Crippen molar-refractivity contribution in [3.8, 4) is 17.2 Å². The Balaban J connectivity index is 1.44. The summed E-state index contributed by atoms with van der Waals surface area (Å²) >= 11 is 0. The number of rotatable bonds is 10. The number of hydrogen-bond acceptors (Lipinski definition) is 4. The molecule has 0 aliphatic heterocycles. The van der Waals surface area contributed by atoms with Crippen LogP contribution >= 0.6 is 0 Å². The quantitative estimate of drug-likeness (QED) is 0.244. The van der Waals surface area contributed by atoms with Crippen LogP contribution in [0.2, 0.25) is 0 Å². The zero-order valence-corrected chi connectivity index (χ0v) is 22.2. The molecule has 0 saturated heterocycles. The molecule has 1 aliphatic rings. The predicted molar refractivity (Wildman–Crippen MR) is 150 cm³/mol. The van der Waals surface area contributed by atoms with Crippen molar-refractivity contribution in [2.45, 2.75) is 39.2 Å². The number of fused-ring (bicyclic) bond motifs is 1. The Labute approximate surface area is 232 Å². The maximum absolute atomic E-state index is 13.5. The second kappa shape index (κ2) is 12.0. The first-order valence-electron chi connectivity index (χ1n) is 13.2. The largest absolute Gasteiger partial charge is 0.489 e. The molecule has 2 N–H and O–H groups in total. The first kappa shape index (κ1) is 26.9. The molecule has 1 aliphatic carbocycles. The molecule has 4 aromatic rings. The summed E-state index contributed by atoms with van der Waals surface area (Å²) in [7, 11) is 0. The number of ether oxygens (including phenoxy) is 2. The highest BCUT2D eigenvalue weighted by Gasteiger charge is 2.25. The highest BCUT2D eigenvalue weighted by molar-refractivity contribution is 5.98. The zero-order valence-electron chi connectivity index (χ0n) is 22.2. The monoisotopic (exact) mass is 539 g/mol. The fourth-order valence-electron chi connectivity index (χ4n) is 5.07. The van der Waals surface area contributed by atoms with Gasteiger partial charge in [-0.15, -0.1) is 0 Å². The van der Waals surface area contributed by atoms with Gasteiger partial charge in [0.05, 0.1) is 0 Å². The van der Waals surface area contributed by atoms with E-state index in [0.717, 1.165) is 52.6 Å². The van der Waals surface area contributed by atoms with Crippen molar-refractivity contribution in [3.05, 3.63) is 124 Å². The maximum Gasteiger partial charge on any atom is 0.322 e. The van der Waals surface area contributed by atoms with Gasteiger partial charge in [0.25, 0.3) is 5.91 Å². The van der Waals surface area contributed by atoms with Crippen LogP contribution in [0.5, 0.6) is 17.2 Å². The van der Waals surface area contributed by atoms with Crippen molar-refractivity contribution < 1.29 is 28.6 Å². The Morgan fingerprint density at radius 3 is 2.42 bits per heavy atom. The van der Waals surface area contributed by atoms with Crippen LogP contribution in [-0.2, 0) is 30.7 Å². The van der Waals surface area contributed by atoms with Crippen LogP contribution < -0.4 is 14.8 Å². The van der Waals surface area contributed by atoms with Gasteiger partial charge in [0.2, 0.25) is 0 Å². The molecule has 0 unspecified atom stereocenters. The van der Waals surface area contributed by atoms with E-state index >= 15 is 0 Å². The Hall–Kier alpha value is -4.65. The summed E-state index contributed by atoms with van der Waals surface area (Å²) < 4.78 is 26.2. The van der Waals surface area contributed by atoms with Crippen LogP contribution in [0.3, 0.4) is 0 Å². The molecule has 6 nitrogen and oxygen atoms in total. The van der Waals surface area contributed by atoms with E-state index in [2.05, 4.69) is 5.32 Å². The van der Waals surface area contributed by atoms with Gasteiger partial charge in [-0.1, -0.05) is 42.5 Å². The van der Waals surface area contributed by atoms with Crippen molar-refractivity contribution in [2.24, 2.45) is 0 Å². The number of halogens is 1. The van der Waals surface area contributed by atoms with E-state index in [0.29, 0.717) is 35.8 Å². The van der Waals surface area contributed by atoms with Gasteiger partial charge >= 0.3 is 5.97 Å². The minimum atomic E-state index is -1.09. The van der Waals surface area contributed by atoms with E-state index in [4.69, 9.17) is 14.6 Å². The fourth-order valence-corrected chi connectivity index (χ4v) is 5.07. The van der Waals surface area contributed by atoms with Gasteiger partial charge in [0, 0.05) is 17.5 Å². The summed E-state index contributed by atoms with van der Waals surface area (Å²) in [6.45, 7) is 1.87. The summed E-state index contributed by atoms with van der Waals surface area (Å²) in [4.78, 5) is 23.6. The van der Waals surface area contributed by atoms with Crippen LogP contribution in [-0.4, -0.2) is 23.5 Å². The second-order valence-corrected chi connectivity index (χ2v) is 9.91. The Bertz CT molecular complexity index is 1530. The predicted octanol–water partition coefficient (Wildman–Crippen LogP) is 6.40. The summed E-state index contributed by atoms with van der Waals surface area (Å²) in [5, 5.41) is 11.4. The third-order valence-corrected chi connectivity index (χ3v) is 6.98. The lowest BCUT2D eigenvalue weighted by atomic mass is 9.98. The molecule has 7 heteroatoms. The number of amides is 1. The lowest BCUT2D eigenvalue weighted by Crippen LogP contribution is -2.30. The van der Waals surface area contributed by atoms with Crippen molar-refractivity contribution in [2.75, 3.05) is 6.54 Å². The van der Waals surface area contributed by atoms with E-state index in [-0.39, 0.29) is 5.82 Å². The van der Waals surface area contributed by atoms with Crippen LogP contribution in [0.1, 0.15) is 50.2 Å². The molecule has 0 aromatic heterocycles. The summed E-state index contributed by atoms with van der Waals surface area (Å²) in [5.74, 6) is 0.294. The molecule has 0 atom stereocenters. The highest BCUT2D eigenvalue weighted by atomic mass is 19.1. The molecule has 204 valence electrons. The van der Waals surface area contributed by atoms with Gasteiger partial charge in [-0.2, -0.15) is 0 Å². The van der Waals surface area contributed by atoms with E-state index in [9.17, 15) is 14.0 Å². The number of nitrogens with one attached hydrogen (secondary N) is 1.